The van der Waals surface area contributed by atoms with E-state index in [1.165, 1.54) is 30.2 Å². The van der Waals surface area contributed by atoms with E-state index in [1.54, 1.807) is 6.92 Å². The monoisotopic (exact) mass is 365 g/mol. The Bertz CT molecular complexity index is 700. The van der Waals surface area contributed by atoms with E-state index in [9.17, 15) is 19.7 Å². The number of ether oxygens (including phenoxy) is 3. The molecule has 1 rings (SSSR count). The van der Waals surface area contributed by atoms with Gasteiger partial charge in [-0.25, -0.2) is 4.79 Å². The zero-order valence-electron chi connectivity index (χ0n) is 14.5. The van der Waals surface area contributed by atoms with E-state index in [0.717, 1.165) is 0 Å². The minimum atomic E-state index is -0.771. The number of amides is 1. The fraction of sp³-hybridized carbons (Fsp3) is 0.438. The Labute approximate surface area is 150 Å². The highest BCUT2D eigenvalue weighted by molar-refractivity contribution is 5.81. The molecule has 0 bridgehead atoms. The Balaban J connectivity index is 2.50. The van der Waals surface area contributed by atoms with Crippen molar-refractivity contribution in [3.8, 4) is 17.6 Å². The van der Waals surface area contributed by atoms with Crippen molar-refractivity contribution in [3.63, 3.8) is 0 Å². The molecule has 0 fully saturated rings. The minimum absolute atomic E-state index is 0.00729. The lowest BCUT2D eigenvalue weighted by Crippen LogP contribution is -2.35. The molecule has 1 aromatic rings. The van der Waals surface area contributed by atoms with Crippen molar-refractivity contribution in [2.75, 3.05) is 33.4 Å². The number of methoxy groups -OCH3 is 1. The van der Waals surface area contributed by atoms with Crippen molar-refractivity contribution in [1.29, 1.82) is 5.26 Å². The first-order valence-corrected chi connectivity index (χ1v) is 7.68. The van der Waals surface area contributed by atoms with Crippen molar-refractivity contribution in [2.45, 2.75) is 13.3 Å². The molecular weight excluding hydrogens is 346 g/mol. The summed E-state index contributed by atoms with van der Waals surface area (Å²) >= 11 is 0. The van der Waals surface area contributed by atoms with Gasteiger partial charge in [-0.15, -0.1) is 0 Å². The van der Waals surface area contributed by atoms with Crippen LogP contribution in [-0.4, -0.2) is 55.1 Å². The molecule has 26 heavy (non-hydrogen) atoms. The number of nitro benzene ring substituents is 1. The fourth-order valence-corrected chi connectivity index (χ4v) is 1.96. The molecule has 0 unspecified atom stereocenters. The maximum Gasteiger partial charge on any atom is 0.344 e. The molecule has 0 N–H and O–H groups in total. The van der Waals surface area contributed by atoms with Crippen LogP contribution in [0.1, 0.15) is 13.3 Å². The number of esters is 1. The molecular formula is C16H19N3O7. The molecule has 0 aliphatic heterocycles. The first-order valence-electron chi connectivity index (χ1n) is 7.68. The van der Waals surface area contributed by atoms with Crippen LogP contribution in [0.4, 0.5) is 5.69 Å². The Hall–Kier alpha value is -3.35. The van der Waals surface area contributed by atoms with E-state index in [1.807, 2.05) is 6.07 Å². The summed E-state index contributed by atoms with van der Waals surface area (Å²) in [6.07, 6.45) is 0.193. The maximum absolute atomic E-state index is 11.9. The summed E-state index contributed by atoms with van der Waals surface area (Å²) < 4.78 is 14.9. The predicted octanol–water partition coefficient (Wildman–Crippen LogP) is 1.29. The van der Waals surface area contributed by atoms with Crippen molar-refractivity contribution < 1.29 is 28.7 Å². The van der Waals surface area contributed by atoms with E-state index in [-0.39, 0.29) is 30.2 Å². The second-order valence-corrected chi connectivity index (χ2v) is 4.92. The van der Waals surface area contributed by atoms with Gasteiger partial charge in [0.05, 0.1) is 24.5 Å². The van der Waals surface area contributed by atoms with Crippen LogP contribution in [0, 0.1) is 21.4 Å². The molecule has 0 saturated carbocycles. The molecule has 140 valence electrons. The number of likely N-dealkylation sites (N-methyl/N-ethyl adjacent to an activating group) is 1. The first kappa shape index (κ1) is 20.7. The quantitative estimate of drug-likeness (QED) is 0.344. The summed E-state index contributed by atoms with van der Waals surface area (Å²) in [6.45, 7) is 1.49. The van der Waals surface area contributed by atoms with Gasteiger partial charge in [0.25, 0.3) is 5.91 Å². The van der Waals surface area contributed by atoms with E-state index in [0.29, 0.717) is 6.54 Å². The van der Waals surface area contributed by atoms with Gasteiger partial charge in [0.1, 0.15) is 5.75 Å². The molecule has 0 spiro atoms. The average Bonchev–Trinajstić information content (AvgIpc) is 2.64. The second-order valence-electron chi connectivity index (χ2n) is 4.92. The predicted molar refractivity (Wildman–Crippen MR) is 88.6 cm³/mol. The average molecular weight is 365 g/mol. The summed E-state index contributed by atoms with van der Waals surface area (Å²) in [7, 11) is 1.28. The van der Waals surface area contributed by atoms with Gasteiger partial charge in [0.2, 0.25) is 5.75 Å². The fourth-order valence-electron chi connectivity index (χ4n) is 1.96. The minimum Gasteiger partial charge on any atom is -0.490 e. The normalized spacial score (nSPS) is 9.73. The number of nitrogens with zero attached hydrogens (tertiary/aromatic N) is 3. The Kier molecular flexibility index (Phi) is 8.36. The Morgan fingerprint density at radius 3 is 2.65 bits per heavy atom. The third kappa shape index (κ3) is 6.27. The van der Waals surface area contributed by atoms with Crippen molar-refractivity contribution in [1.82, 2.24) is 4.90 Å². The smallest absolute Gasteiger partial charge is 0.344 e. The first-order chi connectivity index (χ1) is 12.4. The standard InChI is InChI=1S/C16H19N3O7/c1-3-18(8-4-7-17)15(20)10-26-16(21)11-25-12-5-6-13(19(22)23)14(9-12)24-2/h5-6,9H,3-4,8,10-11H2,1-2H3. The number of carbonyl (C=O) groups is 2. The lowest BCUT2D eigenvalue weighted by Gasteiger charge is -2.19. The number of hydrogen-bond donors (Lipinski definition) is 0. The van der Waals surface area contributed by atoms with Crippen molar-refractivity contribution in [2.24, 2.45) is 0 Å². The zero-order valence-corrected chi connectivity index (χ0v) is 14.5. The number of benzene rings is 1. The van der Waals surface area contributed by atoms with E-state index < -0.39 is 30.0 Å². The van der Waals surface area contributed by atoms with E-state index in [2.05, 4.69) is 0 Å². The largest absolute Gasteiger partial charge is 0.490 e. The maximum atomic E-state index is 11.9. The molecule has 0 heterocycles. The Morgan fingerprint density at radius 1 is 1.35 bits per heavy atom. The van der Waals surface area contributed by atoms with Gasteiger partial charge in [-0.3, -0.25) is 14.9 Å². The lowest BCUT2D eigenvalue weighted by molar-refractivity contribution is -0.385. The molecule has 1 amide bonds. The molecule has 0 aliphatic rings. The SMILES string of the molecule is CCN(CCC#N)C(=O)COC(=O)COc1ccc([N+](=O)[O-])c(OC)c1. The summed E-state index contributed by atoms with van der Waals surface area (Å²) in [5.41, 5.74) is -0.231. The summed E-state index contributed by atoms with van der Waals surface area (Å²) in [5, 5.41) is 19.3. The topological polar surface area (TPSA) is 132 Å². The number of nitro groups is 1. The van der Waals surface area contributed by atoms with Crippen LogP contribution in [0.5, 0.6) is 11.5 Å². The van der Waals surface area contributed by atoms with Crippen LogP contribution in [0.2, 0.25) is 0 Å². The zero-order chi connectivity index (χ0) is 19.5. The molecule has 1 aromatic carbocycles. The highest BCUT2D eigenvalue weighted by Gasteiger charge is 2.17. The van der Waals surface area contributed by atoms with Crippen LogP contribution in [-0.2, 0) is 14.3 Å². The van der Waals surface area contributed by atoms with Gasteiger partial charge in [-0.2, -0.15) is 5.26 Å². The van der Waals surface area contributed by atoms with Gasteiger partial charge < -0.3 is 19.1 Å². The summed E-state index contributed by atoms with van der Waals surface area (Å²) in [4.78, 5) is 35.1. The van der Waals surface area contributed by atoms with E-state index >= 15 is 0 Å². The summed E-state index contributed by atoms with van der Waals surface area (Å²) in [5.74, 6) is -1.01. The molecule has 0 aliphatic carbocycles. The molecule has 10 heteroatoms. The lowest BCUT2D eigenvalue weighted by atomic mass is 10.3. The van der Waals surface area contributed by atoms with Gasteiger partial charge >= 0.3 is 11.7 Å². The van der Waals surface area contributed by atoms with Gasteiger partial charge in [0.15, 0.2) is 13.2 Å². The second kappa shape index (κ2) is 10.5. The number of carbonyl (C=O) groups excluding carboxylic acids is 2. The highest BCUT2D eigenvalue weighted by atomic mass is 16.6. The third-order valence-corrected chi connectivity index (χ3v) is 3.29. The molecule has 0 saturated heterocycles. The summed E-state index contributed by atoms with van der Waals surface area (Å²) in [6, 6.07) is 5.72. The number of hydrogen-bond acceptors (Lipinski definition) is 8. The molecule has 0 aromatic heterocycles. The van der Waals surface area contributed by atoms with Gasteiger partial charge in [-0.05, 0) is 13.0 Å². The number of rotatable bonds is 10. The Morgan fingerprint density at radius 2 is 2.08 bits per heavy atom. The van der Waals surface area contributed by atoms with Crippen LogP contribution >= 0.6 is 0 Å². The van der Waals surface area contributed by atoms with Crippen molar-refractivity contribution in [3.05, 3.63) is 28.3 Å². The van der Waals surface area contributed by atoms with Gasteiger partial charge in [-0.1, -0.05) is 0 Å². The highest BCUT2D eigenvalue weighted by Crippen LogP contribution is 2.30. The molecule has 0 atom stereocenters. The van der Waals surface area contributed by atoms with Crippen LogP contribution < -0.4 is 9.47 Å². The van der Waals surface area contributed by atoms with Gasteiger partial charge in [0, 0.05) is 25.2 Å². The van der Waals surface area contributed by atoms with Crippen LogP contribution in [0.15, 0.2) is 18.2 Å². The third-order valence-electron chi connectivity index (χ3n) is 3.29. The number of nitriles is 1. The molecule has 0 radical (unpaired) electrons. The van der Waals surface area contributed by atoms with Crippen LogP contribution in [0.25, 0.3) is 0 Å². The van der Waals surface area contributed by atoms with E-state index in [4.69, 9.17) is 19.5 Å². The van der Waals surface area contributed by atoms with Crippen LogP contribution in [0.3, 0.4) is 0 Å². The van der Waals surface area contributed by atoms with Crippen molar-refractivity contribution >= 4 is 17.6 Å². The molecule has 10 nitrogen and oxygen atoms in total.